The molecule has 0 rings (SSSR count). The first kappa shape index (κ1) is 11.9. The number of methoxy groups -OCH3 is 1. The Balaban J connectivity index is 3.08. The first-order valence-corrected chi connectivity index (χ1v) is 4.89. The molecule has 0 fully saturated rings. The predicted molar refractivity (Wildman–Crippen MR) is 53.4 cm³/mol. The lowest BCUT2D eigenvalue weighted by Crippen LogP contribution is -2.30. The fourth-order valence-electron chi connectivity index (χ4n) is 1.17. The van der Waals surface area contributed by atoms with Crippen LogP contribution in [0.3, 0.4) is 0 Å². The zero-order chi connectivity index (χ0) is 9.40. The molecule has 1 N–H and O–H groups in total. The topological polar surface area (TPSA) is 21.3 Å². The molecule has 0 heterocycles. The van der Waals surface area contributed by atoms with Gasteiger partial charge in [0.1, 0.15) is 0 Å². The van der Waals surface area contributed by atoms with Crippen LogP contribution in [0.5, 0.6) is 0 Å². The number of nitrogens with one attached hydrogen (secondary N) is 1. The Kier molecular flexibility index (Phi) is 7.51. The van der Waals surface area contributed by atoms with Crippen molar-refractivity contribution in [1.82, 2.24) is 5.32 Å². The molecule has 0 aliphatic carbocycles. The van der Waals surface area contributed by atoms with Gasteiger partial charge in [-0.15, -0.1) is 0 Å². The van der Waals surface area contributed by atoms with Crippen LogP contribution in [0.15, 0.2) is 0 Å². The average molecular weight is 173 g/mol. The van der Waals surface area contributed by atoms with Crippen LogP contribution < -0.4 is 5.32 Å². The van der Waals surface area contributed by atoms with E-state index in [1.54, 1.807) is 7.11 Å². The summed E-state index contributed by atoms with van der Waals surface area (Å²) in [5.41, 5.74) is 0. The minimum atomic E-state index is 0.488. The smallest absolute Gasteiger partial charge is 0.0613 e. The van der Waals surface area contributed by atoms with Gasteiger partial charge in [0.2, 0.25) is 0 Å². The van der Waals surface area contributed by atoms with Crippen LogP contribution in [-0.4, -0.2) is 26.3 Å². The van der Waals surface area contributed by atoms with Gasteiger partial charge in [-0.1, -0.05) is 13.8 Å². The molecular weight excluding hydrogens is 150 g/mol. The maximum Gasteiger partial charge on any atom is 0.0613 e. The molecule has 0 amide bonds. The molecule has 2 heteroatoms. The van der Waals surface area contributed by atoms with E-state index in [2.05, 4.69) is 26.1 Å². The van der Waals surface area contributed by atoms with Gasteiger partial charge in [-0.25, -0.2) is 0 Å². The summed E-state index contributed by atoms with van der Waals surface area (Å²) in [6.45, 7) is 8.60. The zero-order valence-electron chi connectivity index (χ0n) is 8.89. The standard InChI is InChI=1S/C10H23NO/c1-9(2)6-5-7-11-10(3)8-12-4/h9-11H,5-8H2,1-4H3/t10-/m0/s1. The summed E-state index contributed by atoms with van der Waals surface area (Å²) in [6, 6.07) is 0.488. The van der Waals surface area contributed by atoms with Gasteiger partial charge in [0.25, 0.3) is 0 Å². The molecule has 74 valence electrons. The highest BCUT2D eigenvalue weighted by Crippen LogP contribution is 2.01. The molecule has 0 unspecified atom stereocenters. The third-order valence-corrected chi connectivity index (χ3v) is 1.87. The molecule has 1 atom stereocenters. The molecule has 0 aliphatic heterocycles. The first-order chi connectivity index (χ1) is 5.66. The van der Waals surface area contributed by atoms with Crippen molar-refractivity contribution >= 4 is 0 Å². The van der Waals surface area contributed by atoms with Crippen LogP contribution >= 0.6 is 0 Å². The summed E-state index contributed by atoms with van der Waals surface area (Å²) in [4.78, 5) is 0. The Labute approximate surface area is 76.7 Å². The monoisotopic (exact) mass is 173 g/mol. The second-order valence-electron chi connectivity index (χ2n) is 3.85. The summed E-state index contributed by atoms with van der Waals surface area (Å²) >= 11 is 0. The van der Waals surface area contributed by atoms with Crippen molar-refractivity contribution in [3.8, 4) is 0 Å². The quantitative estimate of drug-likeness (QED) is 0.595. The van der Waals surface area contributed by atoms with Crippen molar-refractivity contribution < 1.29 is 4.74 Å². The summed E-state index contributed by atoms with van der Waals surface area (Å²) in [5, 5.41) is 3.41. The van der Waals surface area contributed by atoms with E-state index in [-0.39, 0.29) is 0 Å². The van der Waals surface area contributed by atoms with Gasteiger partial charge in [0.05, 0.1) is 6.61 Å². The summed E-state index contributed by atoms with van der Waals surface area (Å²) in [5.74, 6) is 0.824. The SMILES string of the molecule is COC[C@H](C)NCCCC(C)C. The van der Waals surface area contributed by atoms with Crippen LogP contribution in [0.25, 0.3) is 0 Å². The minimum absolute atomic E-state index is 0.488. The lowest BCUT2D eigenvalue weighted by molar-refractivity contribution is 0.172. The number of hydrogen-bond donors (Lipinski definition) is 1. The van der Waals surface area contributed by atoms with Crippen molar-refractivity contribution in [3.05, 3.63) is 0 Å². The van der Waals surface area contributed by atoms with Gasteiger partial charge in [-0.2, -0.15) is 0 Å². The normalized spacial score (nSPS) is 13.8. The second kappa shape index (κ2) is 7.56. The summed E-state index contributed by atoms with van der Waals surface area (Å²) in [7, 11) is 1.74. The molecule has 0 aliphatic rings. The molecule has 0 aromatic carbocycles. The van der Waals surface area contributed by atoms with Crippen LogP contribution in [-0.2, 0) is 4.74 Å². The molecule has 0 radical (unpaired) electrons. The fraction of sp³-hybridized carbons (Fsp3) is 1.00. The lowest BCUT2D eigenvalue weighted by atomic mass is 10.1. The van der Waals surface area contributed by atoms with E-state index in [1.165, 1.54) is 12.8 Å². The van der Waals surface area contributed by atoms with Crippen molar-refractivity contribution in [2.24, 2.45) is 5.92 Å². The minimum Gasteiger partial charge on any atom is -0.383 e. The molecule has 0 bridgehead atoms. The third kappa shape index (κ3) is 8.02. The molecule has 12 heavy (non-hydrogen) atoms. The van der Waals surface area contributed by atoms with Gasteiger partial charge >= 0.3 is 0 Å². The van der Waals surface area contributed by atoms with Gasteiger partial charge in [-0.05, 0) is 32.2 Å². The van der Waals surface area contributed by atoms with Gasteiger partial charge < -0.3 is 10.1 Å². The number of rotatable bonds is 7. The average Bonchev–Trinajstić information content (AvgIpc) is 1.98. The summed E-state index contributed by atoms with van der Waals surface area (Å²) in [6.07, 6.45) is 2.58. The molecular formula is C10H23NO. The highest BCUT2D eigenvalue weighted by molar-refractivity contribution is 4.59. The van der Waals surface area contributed by atoms with E-state index in [4.69, 9.17) is 4.74 Å². The van der Waals surface area contributed by atoms with Crippen molar-refractivity contribution in [3.63, 3.8) is 0 Å². The van der Waals surface area contributed by atoms with Gasteiger partial charge in [-0.3, -0.25) is 0 Å². The van der Waals surface area contributed by atoms with Crippen LogP contribution in [0, 0.1) is 5.92 Å². The Morgan fingerprint density at radius 3 is 2.42 bits per heavy atom. The predicted octanol–water partition coefficient (Wildman–Crippen LogP) is 2.05. The number of ether oxygens (including phenoxy) is 1. The van der Waals surface area contributed by atoms with E-state index >= 15 is 0 Å². The van der Waals surface area contributed by atoms with Gasteiger partial charge in [0, 0.05) is 13.2 Å². The lowest BCUT2D eigenvalue weighted by Gasteiger charge is -2.12. The molecule has 0 spiro atoms. The maximum absolute atomic E-state index is 5.02. The van der Waals surface area contributed by atoms with Crippen LogP contribution in [0.4, 0.5) is 0 Å². The largest absolute Gasteiger partial charge is 0.383 e. The Hall–Kier alpha value is -0.0800. The summed E-state index contributed by atoms with van der Waals surface area (Å²) < 4.78 is 5.02. The number of hydrogen-bond acceptors (Lipinski definition) is 2. The van der Waals surface area contributed by atoms with Crippen LogP contribution in [0.2, 0.25) is 0 Å². The van der Waals surface area contributed by atoms with E-state index in [0.29, 0.717) is 6.04 Å². The van der Waals surface area contributed by atoms with Crippen molar-refractivity contribution in [2.75, 3.05) is 20.3 Å². The van der Waals surface area contributed by atoms with Crippen LogP contribution in [0.1, 0.15) is 33.6 Å². The highest BCUT2D eigenvalue weighted by atomic mass is 16.5. The third-order valence-electron chi connectivity index (χ3n) is 1.87. The van der Waals surface area contributed by atoms with E-state index in [1.807, 2.05) is 0 Å². The zero-order valence-corrected chi connectivity index (χ0v) is 8.89. The Morgan fingerprint density at radius 1 is 1.25 bits per heavy atom. The molecule has 0 saturated carbocycles. The molecule has 0 aromatic rings. The molecule has 2 nitrogen and oxygen atoms in total. The fourth-order valence-corrected chi connectivity index (χ4v) is 1.17. The van der Waals surface area contributed by atoms with Gasteiger partial charge in [0.15, 0.2) is 0 Å². The molecule has 0 aromatic heterocycles. The second-order valence-corrected chi connectivity index (χ2v) is 3.85. The maximum atomic E-state index is 5.02. The van der Waals surface area contributed by atoms with Crippen molar-refractivity contribution in [1.29, 1.82) is 0 Å². The Morgan fingerprint density at radius 2 is 1.92 bits per heavy atom. The first-order valence-electron chi connectivity index (χ1n) is 4.89. The molecule has 0 saturated heterocycles. The Bertz CT molecular complexity index is 93.8. The van der Waals surface area contributed by atoms with E-state index < -0.39 is 0 Å². The van der Waals surface area contributed by atoms with Crippen molar-refractivity contribution in [2.45, 2.75) is 39.7 Å². The van der Waals surface area contributed by atoms with E-state index in [0.717, 1.165) is 19.1 Å². The highest BCUT2D eigenvalue weighted by Gasteiger charge is 1.99. The van der Waals surface area contributed by atoms with E-state index in [9.17, 15) is 0 Å².